The molecule has 20 heavy (non-hydrogen) atoms. The van der Waals surface area contributed by atoms with Crippen LogP contribution < -0.4 is 5.32 Å². The Morgan fingerprint density at radius 2 is 1.80 bits per heavy atom. The van der Waals surface area contributed by atoms with E-state index < -0.39 is 10.7 Å². The van der Waals surface area contributed by atoms with E-state index in [1.54, 1.807) is 13.0 Å². The van der Waals surface area contributed by atoms with Crippen LogP contribution in [0.4, 0.5) is 20.2 Å². The van der Waals surface area contributed by atoms with Crippen LogP contribution >= 0.6 is 0 Å². The lowest BCUT2D eigenvalue weighted by Crippen LogP contribution is -2.04. The minimum absolute atomic E-state index is 0.0682. The van der Waals surface area contributed by atoms with Crippen molar-refractivity contribution in [1.82, 2.24) is 0 Å². The third-order valence-corrected chi connectivity index (χ3v) is 2.94. The first-order valence-electron chi connectivity index (χ1n) is 5.90. The summed E-state index contributed by atoms with van der Waals surface area (Å²) >= 11 is 0. The topological polar surface area (TPSA) is 55.2 Å². The monoisotopic (exact) mass is 278 g/mol. The average Bonchev–Trinajstić information content (AvgIpc) is 2.39. The van der Waals surface area contributed by atoms with Crippen LogP contribution in [-0.4, -0.2) is 4.92 Å². The van der Waals surface area contributed by atoms with Crippen molar-refractivity contribution in [3.63, 3.8) is 0 Å². The Labute approximate surface area is 114 Å². The Balaban J connectivity index is 2.24. The number of anilines is 1. The first-order valence-corrected chi connectivity index (χ1v) is 5.90. The lowest BCUT2D eigenvalue weighted by atomic mass is 10.1. The number of aryl methyl sites for hydroxylation is 1. The van der Waals surface area contributed by atoms with Crippen molar-refractivity contribution in [2.24, 2.45) is 0 Å². The number of hydrogen-bond acceptors (Lipinski definition) is 3. The molecule has 0 aromatic heterocycles. The fraction of sp³-hybridized carbons (Fsp3) is 0.143. The van der Waals surface area contributed by atoms with Crippen LogP contribution in [0.3, 0.4) is 0 Å². The molecule has 4 nitrogen and oxygen atoms in total. The third kappa shape index (κ3) is 3.09. The van der Waals surface area contributed by atoms with Gasteiger partial charge in [-0.25, -0.2) is 8.78 Å². The number of rotatable bonds is 4. The van der Waals surface area contributed by atoms with Crippen LogP contribution in [-0.2, 0) is 6.54 Å². The maximum absolute atomic E-state index is 13.2. The highest BCUT2D eigenvalue weighted by atomic mass is 19.1. The van der Waals surface area contributed by atoms with Crippen molar-refractivity contribution in [2.75, 3.05) is 5.32 Å². The molecule has 0 saturated carbocycles. The molecule has 2 rings (SSSR count). The van der Waals surface area contributed by atoms with Crippen LogP contribution in [0.25, 0.3) is 0 Å². The number of hydrogen-bond donors (Lipinski definition) is 1. The zero-order chi connectivity index (χ0) is 14.7. The summed E-state index contributed by atoms with van der Waals surface area (Å²) in [6.45, 7) is 1.98. The number of halogens is 2. The van der Waals surface area contributed by atoms with Gasteiger partial charge in [0.2, 0.25) is 0 Å². The molecular weight excluding hydrogens is 266 g/mol. The maximum atomic E-state index is 13.2. The minimum Gasteiger partial charge on any atom is -0.375 e. The first-order chi connectivity index (χ1) is 9.47. The van der Waals surface area contributed by atoms with Gasteiger partial charge in [-0.3, -0.25) is 10.1 Å². The van der Waals surface area contributed by atoms with Gasteiger partial charge in [-0.1, -0.05) is 6.07 Å². The molecule has 0 bridgehead atoms. The molecular formula is C14H12F2N2O2. The van der Waals surface area contributed by atoms with Gasteiger partial charge in [-0.15, -0.1) is 0 Å². The molecule has 0 radical (unpaired) electrons. The number of nitro benzene ring substituents is 1. The molecule has 0 saturated heterocycles. The van der Waals surface area contributed by atoms with Crippen molar-refractivity contribution in [3.8, 4) is 0 Å². The molecule has 1 N–H and O–H groups in total. The van der Waals surface area contributed by atoms with Crippen molar-refractivity contribution >= 4 is 11.4 Å². The number of nitrogens with zero attached hydrogens (tertiary/aromatic N) is 1. The smallest absolute Gasteiger partial charge is 0.292 e. The number of benzene rings is 2. The van der Waals surface area contributed by atoms with E-state index in [9.17, 15) is 18.9 Å². The maximum Gasteiger partial charge on any atom is 0.292 e. The van der Waals surface area contributed by atoms with E-state index in [1.807, 2.05) is 0 Å². The van der Waals surface area contributed by atoms with E-state index in [-0.39, 0.29) is 23.7 Å². The summed E-state index contributed by atoms with van der Waals surface area (Å²) in [6, 6.07) is 7.46. The summed E-state index contributed by atoms with van der Waals surface area (Å²) in [5.74, 6) is -0.963. The molecule has 0 aliphatic rings. The molecule has 2 aromatic carbocycles. The van der Waals surface area contributed by atoms with E-state index in [0.717, 1.165) is 23.8 Å². The highest BCUT2D eigenvalue weighted by Crippen LogP contribution is 2.25. The van der Waals surface area contributed by atoms with Crippen molar-refractivity contribution < 1.29 is 13.7 Å². The molecule has 0 amide bonds. The molecule has 2 aromatic rings. The fourth-order valence-electron chi connectivity index (χ4n) is 1.83. The van der Waals surface area contributed by atoms with E-state index >= 15 is 0 Å². The van der Waals surface area contributed by atoms with E-state index in [0.29, 0.717) is 5.56 Å². The quantitative estimate of drug-likeness (QED) is 0.683. The normalized spacial score (nSPS) is 10.3. The highest BCUT2D eigenvalue weighted by molar-refractivity contribution is 5.61. The van der Waals surface area contributed by atoms with Gasteiger partial charge in [-0.2, -0.15) is 0 Å². The van der Waals surface area contributed by atoms with Crippen LogP contribution in [0.5, 0.6) is 0 Å². The Morgan fingerprint density at radius 1 is 1.15 bits per heavy atom. The zero-order valence-electron chi connectivity index (χ0n) is 10.7. The van der Waals surface area contributed by atoms with Crippen molar-refractivity contribution in [2.45, 2.75) is 13.5 Å². The third-order valence-electron chi connectivity index (χ3n) is 2.94. The van der Waals surface area contributed by atoms with E-state index in [2.05, 4.69) is 5.32 Å². The predicted octanol–water partition coefficient (Wildman–Crippen LogP) is 3.79. The van der Waals surface area contributed by atoms with Gasteiger partial charge < -0.3 is 5.32 Å². The molecule has 0 heterocycles. The molecule has 0 fully saturated rings. The fourth-order valence-corrected chi connectivity index (χ4v) is 1.83. The Morgan fingerprint density at radius 3 is 2.50 bits per heavy atom. The molecule has 0 atom stereocenters. The summed E-state index contributed by atoms with van der Waals surface area (Å²) in [4.78, 5) is 10.3. The second-order valence-electron chi connectivity index (χ2n) is 4.34. The Kier molecular flexibility index (Phi) is 3.93. The van der Waals surface area contributed by atoms with Crippen LogP contribution in [0.15, 0.2) is 36.4 Å². The van der Waals surface area contributed by atoms with Gasteiger partial charge in [0.15, 0.2) is 0 Å². The van der Waals surface area contributed by atoms with Gasteiger partial charge in [0.1, 0.15) is 17.3 Å². The SMILES string of the molecule is Cc1ccc(F)cc1CNc1cc(F)ccc1[N+](=O)[O-]. The summed E-state index contributed by atoms with van der Waals surface area (Å²) in [5.41, 5.74) is 1.35. The molecule has 104 valence electrons. The van der Waals surface area contributed by atoms with Gasteiger partial charge in [-0.05, 0) is 36.2 Å². The van der Waals surface area contributed by atoms with E-state index in [4.69, 9.17) is 0 Å². The van der Waals surface area contributed by atoms with Crippen molar-refractivity contribution in [3.05, 3.63) is 69.3 Å². The van der Waals surface area contributed by atoms with Gasteiger partial charge in [0.25, 0.3) is 5.69 Å². The standard InChI is InChI=1S/C14H12F2N2O2/c1-9-2-3-11(15)6-10(9)8-17-13-7-12(16)4-5-14(13)18(19)20/h2-7,17H,8H2,1H3. The Hall–Kier alpha value is -2.50. The van der Waals surface area contributed by atoms with Gasteiger partial charge in [0, 0.05) is 18.7 Å². The largest absolute Gasteiger partial charge is 0.375 e. The second kappa shape index (κ2) is 5.64. The van der Waals surface area contributed by atoms with Crippen molar-refractivity contribution in [1.29, 1.82) is 0 Å². The number of nitrogens with one attached hydrogen (secondary N) is 1. The lowest BCUT2D eigenvalue weighted by Gasteiger charge is -2.09. The minimum atomic E-state index is -0.597. The summed E-state index contributed by atoms with van der Waals surface area (Å²) in [6.07, 6.45) is 0. The zero-order valence-corrected chi connectivity index (χ0v) is 10.7. The van der Waals surface area contributed by atoms with Gasteiger partial charge >= 0.3 is 0 Å². The molecule has 0 aliphatic heterocycles. The van der Waals surface area contributed by atoms with Crippen LogP contribution in [0.2, 0.25) is 0 Å². The molecule has 6 heteroatoms. The first kappa shape index (κ1) is 13.9. The van der Waals surface area contributed by atoms with Crippen LogP contribution in [0.1, 0.15) is 11.1 Å². The van der Waals surface area contributed by atoms with Gasteiger partial charge in [0.05, 0.1) is 4.92 Å². The Bertz CT molecular complexity index is 660. The highest BCUT2D eigenvalue weighted by Gasteiger charge is 2.14. The summed E-state index contributed by atoms with van der Waals surface area (Å²) in [5, 5.41) is 13.6. The number of nitro groups is 1. The molecule has 0 aliphatic carbocycles. The molecule has 0 unspecified atom stereocenters. The summed E-state index contributed by atoms with van der Waals surface area (Å²) in [7, 11) is 0. The molecule has 0 spiro atoms. The lowest BCUT2D eigenvalue weighted by molar-refractivity contribution is -0.384. The summed E-state index contributed by atoms with van der Waals surface area (Å²) < 4.78 is 26.3. The van der Waals surface area contributed by atoms with E-state index in [1.165, 1.54) is 12.1 Å². The predicted molar refractivity (Wildman–Crippen MR) is 71.5 cm³/mol. The second-order valence-corrected chi connectivity index (χ2v) is 4.34. The van der Waals surface area contributed by atoms with Crippen LogP contribution in [0, 0.1) is 28.7 Å². The average molecular weight is 278 g/mol.